The Balaban J connectivity index is 1.99. The van der Waals surface area contributed by atoms with Gasteiger partial charge in [-0.25, -0.2) is 0 Å². The van der Waals surface area contributed by atoms with Crippen molar-refractivity contribution in [1.29, 1.82) is 0 Å². The van der Waals surface area contributed by atoms with E-state index in [-0.39, 0.29) is 17.4 Å². The van der Waals surface area contributed by atoms with Crippen LogP contribution >= 0.6 is 0 Å². The fourth-order valence-corrected chi connectivity index (χ4v) is 3.89. The molecule has 0 atom stereocenters. The molecule has 2 aromatic carbocycles. The predicted molar refractivity (Wildman–Crippen MR) is 108 cm³/mol. The molecule has 0 radical (unpaired) electrons. The molecule has 1 nitrogen and oxygen atoms in total. The molecule has 132 valence electrons. The van der Waals surface area contributed by atoms with Crippen molar-refractivity contribution >= 4 is 11.6 Å². The van der Waals surface area contributed by atoms with Crippen molar-refractivity contribution < 1.29 is 5.11 Å². The number of aliphatic hydroxyl groups is 1. The standard InChI is InChI=1S/C24H30O/c1-17(14-18-6-8-19(16-25)9-7-18)20-10-11-21-22(15-20)24(4,5)13-12-23(21,2)3/h6-11,14-15,25H,12-13,16H2,1-5H3/b17-14-. The molecule has 0 aliphatic heterocycles. The molecule has 0 aromatic heterocycles. The van der Waals surface area contributed by atoms with Gasteiger partial charge in [0.15, 0.2) is 0 Å². The van der Waals surface area contributed by atoms with Gasteiger partial charge in [-0.2, -0.15) is 0 Å². The Bertz CT molecular complexity index is 791. The Morgan fingerprint density at radius 1 is 0.920 bits per heavy atom. The largest absolute Gasteiger partial charge is 0.392 e. The van der Waals surface area contributed by atoms with Crippen molar-refractivity contribution in [1.82, 2.24) is 0 Å². The number of hydrogen-bond donors (Lipinski definition) is 1. The minimum absolute atomic E-state index is 0.0959. The van der Waals surface area contributed by atoms with Gasteiger partial charge in [-0.05, 0) is 64.0 Å². The average Bonchev–Trinajstić information content (AvgIpc) is 2.59. The summed E-state index contributed by atoms with van der Waals surface area (Å²) in [5, 5.41) is 9.18. The maximum atomic E-state index is 9.18. The van der Waals surface area contributed by atoms with E-state index >= 15 is 0 Å². The molecule has 0 unspecified atom stereocenters. The van der Waals surface area contributed by atoms with E-state index < -0.39 is 0 Å². The maximum Gasteiger partial charge on any atom is 0.0681 e. The van der Waals surface area contributed by atoms with Crippen molar-refractivity contribution in [3.8, 4) is 0 Å². The topological polar surface area (TPSA) is 20.2 Å². The van der Waals surface area contributed by atoms with E-state index in [9.17, 15) is 5.11 Å². The third kappa shape index (κ3) is 3.57. The summed E-state index contributed by atoms with van der Waals surface area (Å²) in [6.07, 6.45) is 4.71. The van der Waals surface area contributed by atoms with Gasteiger partial charge in [-0.1, -0.05) is 76.2 Å². The molecule has 25 heavy (non-hydrogen) atoms. The fourth-order valence-electron chi connectivity index (χ4n) is 3.89. The number of rotatable bonds is 3. The van der Waals surface area contributed by atoms with Crippen LogP contribution in [0.4, 0.5) is 0 Å². The van der Waals surface area contributed by atoms with Gasteiger partial charge in [0.25, 0.3) is 0 Å². The van der Waals surface area contributed by atoms with Crippen LogP contribution in [0.25, 0.3) is 11.6 Å². The van der Waals surface area contributed by atoms with Crippen molar-refractivity contribution in [2.24, 2.45) is 0 Å². The van der Waals surface area contributed by atoms with Crippen molar-refractivity contribution in [2.45, 2.75) is 64.9 Å². The van der Waals surface area contributed by atoms with Crippen LogP contribution in [0.2, 0.25) is 0 Å². The van der Waals surface area contributed by atoms with Crippen LogP contribution in [0, 0.1) is 0 Å². The summed E-state index contributed by atoms with van der Waals surface area (Å²) in [7, 11) is 0. The average molecular weight is 335 g/mol. The highest BCUT2D eigenvalue weighted by Gasteiger charge is 2.36. The number of aliphatic hydroxyl groups excluding tert-OH is 1. The Morgan fingerprint density at radius 2 is 1.52 bits per heavy atom. The zero-order chi connectivity index (χ0) is 18.2. The molecule has 1 aliphatic carbocycles. The van der Waals surface area contributed by atoms with Gasteiger partial charge >= 0.3 is 0 Å². The van der Waals surface area contributed by atoms with Crippen molar-refractivity contribution in [3.05, 3.63) is 70.3 Å². The SMILES string of the molecule is C/C(=C/c1ccc(CO)cc1)c1ccc2c(c1)C(C)(C)CCC2(C)C. The van der Waals surface area contributed by atoms with E-state index in [0.717, 1.165) is 5.56 Å². The van der Waals surface area contributed by atoms with Crippen LogP contribution in [-0.2, 0) is 17.4 Å². The van der Waals surface area contributed by atoms with E-state index in [1.165, 1.54) is 40.7 Å². The summed E-state index contributed by atoms with van der Waals surface area (Å²) in [5.74, 6) is 0. The van der Waals surface area contributed by atoms with Crippen LogP contribution in [-0.4, -0.2) is 5.11 Å². The van der Waals surface area contributed by atoms with Crippen LogP contribution in [0.15, 0.2) is 42.5 Å². The monoisotopic (exact) mass is 334 g/mol. The summed E-state index contributed by atoms with van der Waals surface area (Å²) < 4.78 is 0. The van der Waals surface area contributed by atoms with Gasteiger partial charge < -0.3 is 5.11 Å². The first kappa shape index (κ1) is 17.9. The van der Waals surface area contributed by atoms with Gasteiger partial charge in [-0.15, -0.1) is 0 Å². The van der Waals surface area contributed by atoms with E-state index in [4.69, 9.17) is 0 Å². The highest BCUT2D eigenvalue weighted by atomic mass is 16.3. The van der Waals surface area contributed by atoms with Gasteiger partial charge in [0.2, 0.25) is 0 Å². The van der Waals surface area contributed by atoms with Crippen LogP contribution < -0.4 is 0 Å². The minimum Gasteiger partial charge on any atom is -0.392 e. The second-order valence-electron chi connectivity index (χ2n) is 8.76. The Morgan fingerprint density at radius 3 is 2.12 bits per heavy atom. The second-order valence-corrected chi connectivity index (χ2v) is 8.76. The molecule has 1 aliphatic rings. The quantitative estimate of drug-likeness (QED) is 0.674. The summed E-state index contributed by atoms with van der Waals surface area (Å²) in [5.41, 5.74) is 8.22. The van der Waals surface area contributed by atoms with Crippen molar-refractivity contribution in [3.63, 3.8) is 0 Å². The van der Waals surface area contributed by atoms with E-state index in [1.54, 1.807) is 0 Å². The lowest BCUT2D eigenvalue weighted by atomic mass is 9.63. The Kier molecular flexibility index (Phi) is 4.64. The van der Waals surface area contributed by atoms with E-state index in [1.807, 2.05) is 12.1 Å². The molecular formula is C24H30O. The second kappa shape index (κ2) is 6.46. The lowest BCUT2D eigenvalue weighted by Crippen LogP contribution is -2.33. The summed E-state index contributed by atoms with van der Waals surface area (Å²) in [6, 6.07) is 15.1. The minimum atomic E-state index is 0.0959. The molecule has 1 N–H and O–H groups in total. The lowest BCUT2D eigenvalue weighted by molar-refractivity contribution is 0.282. The molecule has 0 bridgehead atoms. The van der Waals surface area contributed by atoms with E-state index in [0.29, 0.717) is 0 Å². The van der Waals surface area contributed by atoms with Gasteiger partial charge in [0, 0.05) is 0 Å². The molecule has 2 aromatic rings. The molecule has 0 amide bonds. The third-order valence-corrected chi connectivity index (χ3v) is 5.85. The van der Waals surface area contributed by atoms with Crippen LogP contribution in [0.1, 0.15) is 75.3 Å². The van der Waals surface area contributed by atoms with Crippen LogP contribution in [0.5, 0.6) is 0 Å². The molecule has 0 saturated carbocycles. The number of allylic oxidation sites excluding steroid dienone is 1. The van der Waals surface area contributed by atoms with E-state index in [2.05, 4.69) is 71.0 Å². The number of benzene rings is 2. The molecule has 1 heteroatoms. The van der Waals surface area contributed by atoms with Crippen LogP contribution in [0.3, 0.4) is 0 Å². The zero-order valence-corrected chi connectivity index (χ0v) is 16.2. The molecular weight excluding hydrogens is 304 g/mol. The zero-order valence-electron chi connectivity index (χ0n) is 16.2. The molecule has 0 heterocycles. The first-order valence-corrected chi connectivity index (χ1v) is 9.26. The fraction of sp³-hybridized carbons (Fsp3) is 0.417. The van der Waals surface area contributed by atoms with Gasteiger partial charge in [0.1, 0.15) is 0 Å². The normalized spacial score (nSPS) is 18.7. The lowest BCUT2D eigenvalue weighted by Gasteiger charge is -2.42. The Labute approximate surface area is 152 Å². The van der Waals surface area contributed by atoms with Gasteiger partial charge in [-0.3, -0.25) is 0 Å². The highest BCUT2D eigenvalue weighted by molar-refractivity contribution is 5.80. The molecule has 3 rings (SSSR count). The maximum absolute atomic E-state index is 9.18. The summed E-state index contributed by atoms with van der Waals surface area (Å²) >= 11 is 0. The Hall–Kier alpha value is -1.86. The third-order valence-electron chi connectivity index (χ3n) is 5.85. The smallest absolute Gasteiger partial charge is 0.0681 e. The first-order valence-electron chi connectivity index (χ1n) is 9.26. The number of fused-ring (bicyclic) bond motifs is 1. The van der Waals surface area contributed by atoms with Gasteiger partial charge in [0.05, 0.1) is 6.61 Å². The summed E-state index contributed by atoms with van der Waals surface area (Å²) in [4.78, 5) is 0. The summed E-state index contributed by atoms with van der Waals surface area (Å²) in [6.45, 7) is 11.8. The predicted octanol–water partition coefficient (Wildman–Crippen LogP) is 6.09. The number of hydrogen-bond acceptors (Lipinski definition) is 1. The molecule has 0 saturated heterocycles. The van der Waals surface area contributed by atoms with Crippen molar-refractivity contribution in [2.75, 3.05) is 0 Å². The molecule has 0 spiro atoms. The highest BCUT2D eigenvalue weighted by Crippen LogP contribution is 2.46. The molecule has 0 fully saturated rings. The first-order chi connectivity index (χ1) is 11.7.